The van der Waals surface area contributed by atoms with E-state index in [1.54, 1.807) is 0 Å². The van der Waals surface area contributed by atoms with Gasteiger partial charge in [0.1, 0.15) is 6.04 Å². The maximum absolute atomic E-state index is 10.9. The molecule has 0 aromatic carbocycles. The largest absolute Gasteiger partial charge is 0.480 e. The Labute approximate surface area is 88.8 Å². The first-order chi connectivity index (χ1) is 6.69. The van der Waals surface area contributed by atoms with Crippen molar-refractivity contribution in [2.75, 3.05) is 25.4 Å². The zero-order valence-corrected chi connectivity index (χ0v) is 9.30. The molecule has 82 valence electrons. The highest BCUT2D eigenvalue weighted by atomic mass is 32.2. The molecule has 1 aliphatic heterocycles. The molecule has 14 heavy (non-hydrogen) atoms. The first kappa shape index (κ1) is 11.8. The standard InChI is InChI=1S/C9H18N2O2S/c1-2-7-6-11(3-4-14-7)8(5-10)9(12)13/h7-8H,2-6,10H2,1H3,(H,12,13). The van der Waals surface area contributed by atoms with Crippen molar-refractivity contribution in [2.45, 2.75) is 24.6 Å². The lowest BCUT2D eigenvalue weighted by Gasteiger charge is -2.35. The number of thioether (sulfide) groups is 1. The lowest BCUT2D eigenvalue weighted by molar-refractivity contribution is -0.142. The molecule has 1 saturated heterocycles. The Morgan fingerprint density at radius 1 is 1.79 bits per heavy atom. The fourth-order valence-corrected chi connectivity index (χ4v) is 2.88. The third-order valence-electron chi connectivity index (χ3n) is 2.57. The van der Waals surface area contributed by atoms with Gasteiger partial charge in [0.15, 0.2) is 0 Å². The van der Waals surface area contributed by atoms with Crippen LogP contribution in [0.1, 0.15) is 13.3 Å². The maximum atomic E-state index is 10.9. The number of carboxylic acid groups (broad SMARTS) is 1. The highest BCUT2D eigenvalue weighted by molar-refractivity contribution is 8.00. The van der Waals surface area contributed by atoms with Crippen molar-refractivity contribution in [3.63, 3.8) is 0 Å². The normalized spacial score (nSPS) is 26.0. The van der Waals surface area contributed by atoms with Crippen molar-refractivity contribution in [3.8, 4) is 0 Å². The second kappa shape index (κ2) is 5.58. The Bertz CT molecular complexity index is 201. The molecule has 0 saturated carbocycles. The number of hydrogen-bond acceptors (Lipinski definition) is 4. The van der Waals surface area contributed by atoms with Crippen molar-refractivity contribution in [2.24, 2.45) is 5.73 Å². The van der Waals surface area contributed by atoms with Crippen LogP contribution in [0, 0.1) is 0 Å². The molecule has 4 nitrogen and oxygen atoms in total. The predicted octanol–water partition coefficient (Wildman–Crippen LogP) is 0.226. The van der Waals surface area contributed by atoms with E-state index in [1.165, 1.54) is 0 Å². The van der Waals surface area contributed by atoms with Crippen LogP contribution >= 0.6 is 11.8 Å². The van der Waals surface area contributed by atoms with Gasteiger partial charge in [-0.2, -0.15) is 11.8 Å². The van der Waals surface area contributed by atoms with E-state index in [0.29, 0.717) is 5.25 Å². The van der Waals surface area contributed by atoms with Crippen molar-refractivity contribution in [1.29, 1.82) is 0 Å². The molecule has 0 amide bonds. The Morgan fingerprint density at radius 3 is 3.00 bits per heavy atom. The molecule has 0 aromatic rings. The zero-order chi connectivity index (χ0) is 10.6. The van der Waals surface area contributed by atoms with Crippen LogP contribution in [0.3, 0.4) is 0 Å². The van der Waals surface area contributed by atoms with E-state index in [-0.39, 0.29) is 6.54 Å². The van der Waals surface area contributed by atoms with Crippen LogP contribution in [-0.4, -0.2) is 52.7 Å². The fraction of sp³-hybridized carbons (Fsp3) is 0.889. The van der Waals surface area contributed by atoms with E-state index < -0.39 is 12.0 Å². The lowest BCUT2D eigenvalue weighted by atomic mass is 10.2. The van der Waals surface area contributed by atoms with Crippen LogP contribution < -0.4 is 5.73 Å². The van der Waals surface area contributed by atoms with Gasteiger partial charge in [-0.25, -0.2) is 0 Å². The molecule has 0 aromatic heterocycles. The summed E-state index contributed by atoms with van der Waals surface area (Å²) >= 11 is 1.93. The monoisotopic (exact) mass is 218 g/mol. The minimum absolute atomic E-state index is 0.205. The minimum Gasteiger partial charge on any atom is -0.480 e. The second-order valence-corrected chi connectivity index (χ2v) is 4.89. The van der Waals surface area contributed by atoms with Gasteiger partial charge in [-0.3, -0.25) is 9.69 Å². The number of rotatable bonds is 4. The molecule has 1 heterocycles. The minimum atomic E-state index is -0.797. The second-order valence-electron chi connectivity index (χ2n) is 3.49. The lowest BCUT2D eigenvalue weighted by Crippen LogP contribution is -2.51. The first-order valence-electron chi connectivity index (χ1n) is 4.97. The van der Waals surface area contributed by atoms with E-state index in [9.17, 15) is 4.79 Å². The van der Waals surface area contributed by atoms with Crippen molar-refractivity contribution in [1.82, 2.24) is 4.90 Å². The third-order valence-corrected chi connectivity index (χ3v) is 3.95. The van der Waals surface area contributed by atoms with E-state index >= 15 is 0 Å². The Morgan fingerprint density at radius 2 is 2.50 bits per heavy atom. The molecular formula is C9H18N2O2S. The van der Waals surface area contributed by atoms with Crippen LogP contribution in [0.2, 0.25) is 0 Å². The van der Waals surface area contributed by atoms with E-state index in [4.69, 9.17) is 10.8 Å². The summed E-state index contributed by atoms with van der Waals surface area (Å²) in [7, 11) is 0. The van der Waals surface area contributed by atoms with Crippen LogP contribution in [-0.2, 0) is 4.79 Å². The summed E-state index contributed by atoms with van der Waals surface area (Å²) in [5.41, 5.74) is 5.46. The summed E-state index contributed by atoms with van der Waals surface area (Å²) in [6.07, 6.45) is 1.10. The first-order valence-corrected chi connectivity index (χ1v) is 6.02. The topological polar surface area (TPSA) is 66.6 Å². The van der Waals surface area contributed by atoms with Gasteiger partial charge in [0.25, 0.3) is 0 Å². The Balaban J connectivity index is 2.53. The molecule has 1 rings (SSSR count). The van der Waals surface area contributed by atoms with Gasteiger partial charge >= 0.3 is 5.97 Å². The molecule has 1 aliphatic rings. The number of hydrogen-bond donors (Lipinski definition) is 2. The zero-order valence-electron chi connectivity index (χ0n) is 8.48. The van der Waals surface area contributed by atoms with Gasteiger partial charge in [0.2, 0.25) is 0 Å². The summed E-state index contributed by atoms with van der Waals surface area (Å²) in [5.74, 6) is 0.219. The molecule has 2 unspecified atom stereocenters. The van der Waals surface area contributed by atoms with E-state index in [1.807, 2.05) is 16.7 Å². The average Bonchev–Trinajstić information content (AvgIpc) is 2.19. The van der Waals surface area contributed by atoms with E-state index in [2.05, 4.69) is 6.92 Å². The van der Waals surface area contributed by atoms with Gasteiger partial charge in [-0.1, -0.05) is 6.92 Å². The quantitative estimate of drug-likeness (QED) is 0.707. The molecule has 0 spiro atoms. The summed E-state index contributed by atoms with van der Waals surface area (Å²) in [4.78, 5) is 12.9. The summed E-state index contributed by atoms with van der Waals surface area (Å²) in [6, 6.07) is -0.495. The van der Waals surface area contributed by atoms with Gasteiger partial charge in [0.05, 0.1) is 0 Å². The summed E-state index contributed by atoms with van der Waals surface area (Å²) in [5, 5.41) is 9.52. The van der Waals surface area contributed by atoms with Crippen LogP contribution in [0.25, 0.3) is 0 Å². The van der Waals surface area contributed by atoms with Crippen LogP contribution in [0.4, 0.5) is 0 Å². The molecule has 0 bridgehead atoms. The smallest absolute Gasteiger partial charge is 0.322 e. The van der Waals surface area contributed by atoms with Gasteiger partial charge in [0, 0.05) is 30.6 Å². The molecule has 3 N–H and O–H groups in total. The third kappa shape index (κ3) is 2.87. The van der Waals surface area contributed by atoms with Crippen molar-refractivity contribution in [3.05, 3.63) is 0 Å². The average molecular weight is 218 g/mol. The summed E-state index contributed by atoms with van der Waals surface area (Å²) in [6.45, 7) is 4.04. The number of carbonyl (C=O) groups is 1. The fourth-order valence-electron chi connectivity index (χ4n) is 1.68. The molecule has 0 aliphatic carbocycles. The van der Waals surface area contributed by atoms with Gasteiger partial charge in [-0.05, 0) is 6.42 Å². The summed E-state index contributed by atoms with van der Waals surface area (Å²) < 4.78 is 0. The predicted molar refractivity (Wildman–Crippen MR) is 58.6 cm³/mol. The van der Waals surface area contributed by atoms with E-state index in [0.717, 1.165) is 25.3 Å². The molecule has 5 heteroatoms. The highest BCUT2D eigenvalue weighted by Gasteiger charge is 2.28. The molecule has 0 radical (unpaired) electrons. The van der Waals surface area contributed by atoms with Crippen LogP contribution in [0.5, 0.6) is 0 Å². The Hall–Kier alpha value is -0.260. The van der Waals surface area contributed by atoms with Crippen molar-refractivity contribution < 1.29 is 9.90 Å². The highest BCUT2D eigenvalue weighted by Crippen LogP contribution is 2.22. The van der Waals surface area contributed by atoms with Gasteiger partial charge < -0.3 is 10.8 Å². The number of nitrogens with zero attached hydrogens (tertiary/aromatic N) is 1. The molecule has 2 atom stereocenters. The SMILES string of the molecule is CCC1CN(C(CN)C(=O)O)CCS1. The molecule has 1 fully saturated rings. The van der Waals surface area contributed by atoms with Crippen LogP contribution in [0.15, 0.2) is 0 Å². The number of aliphatic carboxylic acids is 1. The Kier molecular flexibility index (Phi) is 4.71. The number of carboxylic acids is 1. The van der Waals surface area contributed by atoms with Gasteiger partial charge in [-0.15, -0.1) is 0 Å². The maximum Gasteiger partial charge on any atom is 0.322 e. The number of nitrogens with two attached hydrogens (primary N) is 1. The van der Waals surface area contributed by atoms with Crippen molar-refractivity contribution >= 4 is 17.7 Å². The molecular weight excluding hydrogens is 200 g/mol.